The molecule has 6 heteroatoms. The average molecular weight is 363 g/mol. The van der Waals surface area contributed by atoms with Crippen LogP contribution in [0.5, 0.6) is 5.75 Å². The molecule has 1 aliphatic carbocycles. The summed E-state index contributed by atoms with van der Waals surface area (Å²) in [7, 11) is 1.83. The van der Waals surface area contributed by atoms with Crippen LogP contribution < -0.4 is 4.74 Å². The molecule has 2 atom stereocenters. The summed E-state index contributed by atoms with van der Waals surface area (Å²) in [6.45, 7) is 10.2. The molecule has 0 heterocycles. The van der Waals surface area contributed by atoms with Gasteiger partial charge in [0.05, 0.1) is 6.10 Å². The number of rotatable bonds is 7. The van der Waals surface area contributed by atoms with Crippen LogP contribution in [0.25, 0.3) is 0 Å². The van der Waals surface area contributed by atoms with E-state index in [0.717, 1.165) is 17.5 Å². The number of benzene rings is 1. The van der Waals surface area contributed by atoms with Crippen molar-refractivity contribution in [3.63, 3.8) is 0 Å². The third-order valence-corrected chi connectivity index (χ3v) is 5.33. The quantitative estimate of drug-likeness (QED) is 0.806. The molecular formula is C20H29NO5. The fourth-order valence-electron chi connectivity index (χ4n) is 3.79. The van der Waals surface area contributed by atoms with Crippen LogP contribution in [-0.4, -0.2) is 54.3 Å². The molecule has 1 aromatic rings. The van der Waals surface area contributed by atoms with Gasteiger partial charge in [-0.1, -0.05) is 13.8 Å². The predicted octanol–water partition coefficient (Wildman–Crippen LogP) is 3.04. The third-order valence-electron chi connectivity index (χ3n) is 5.33. The van der Waals surface area contributed by atoms with Crippen LogP contribution >= 0.6 is 0 Å². The van der Waals surface area contributed by atoms with Gasteiger partial charge in [-0.15, -0.1) is 0 Å². The molecule has 0 aliphatic heterocycles. The van der Waals surface area contributed by atoms with Crippen molar-refractivity contribution in [1.29, 1.82) is 0 Å². The Morgan fingerprint density at radius 1 is 1.27 bits per heavy atom. The maximum absolute atomic E-state index is 13.0. The lowest BCUT2D eigenvalue weighted by molar-refractivity contribution is -0.139. The second-order valence-electron chi connectivity index (χ2n) is 7.55. The molecule has 26 heavy (non-hydrogen) atoms. The minimum Gasteiger partial charge on any atom is -0.481 e. The smallest absolute Gasteiger partial charge is 0.341 e. The zero-order chi connectivity index (χ0) is 19.6. The molecule has 0 saturated heterocycles. The van der Waals surface area contributed by atoms with Gasteiger partial charge in [-0.3, -0.25) is 4.79 Å². The summed E-state index contributed by atoms with van der Waals surface area (Å²) in [5.41, 5.74) is 2.00. The van der Waals surface area contributed by atoms with Gasteiger partial charge in [0.25, 0.3) is 5.91 Å². The zero-order valence-corrected chi connectivity index (χ0v) is 16.5. The Kier molecular flexibility index (Phi) is 5.96. The van der Waals surface area contributed by atoms with Crippen molar-refractivity contribution < 1.29 is 24.2 Å². The summed E-state index contributed by atoms with van der Waals surface area (Å²) >= 11 is 0. The number of hydrogen-bond donors (Lipinski definition) is 1. The van der Waals surface area contributed by atoms with Crippen molar-refractivity contribution in [1.82, 2.24) is 4.90 Å². The van der Waals surface area contributed by atoms with E-state index in [2.05, 4.69) is 13.8 Å². The first-order valence-electron chi connectivity index (χ1n) is 8.94. The Morgan fingerprint density at radius 2 is 1.85 bits per heavy atom. The van der Waals surface area contributed by atoms with Crippen LogP contribution in [0.2, 0.25) is 0 Å². The SMILES string of the molecule is CCOC1CC(N(C)C(=O)c2cc(C)c(OCC(=O)O)c(C)c2)C1(C)C. The van der Waals surface area contributed by atoms with E-state index in [4.69, 9.17) is 14.6 Å². The molecular weight excluding hydrogens is 334 g/mol. The molecule has 2 rings (SSSR count). The van der Waals surface area contributed by atoms with Crippen LogP contribution in [-0.2, 0) is 9.53 Å². The highest BCUT2D eigenvalue weighted by Gasteiger charge is 2.51. The topological polar surface area (TPSA) is 76.1 Å². The van der Waals surface area contributed by atoms with E-state index in [1.54, 1.807) is 17.0 Å². The van der Waals surface area contributed by atoms with Crippen LogP contribution in [0.15, 0.2) is 12.1 Å². The van der Waals surface area contributed by atoms with Gasteiger partial charge in [-0.05, 0) is 50.5 Å². The predicted molar refractivity (Wildman–Crippen MR) is 98.7 cm³/mol. The second kappa shape index (κ2) is 7.66. The largest absolute Gasteiger partial charge is 0.481 e. The Labute approximate surface area is 155 Å². The van der Waals surface area contributed by atoms with Crippen molar-refractivity contribution in [2.45, 2.75) is 53.2 Å². The van der Waals surface area contributed by atoms with Crippen LogP contribution in [0.4, 0.5) is 0 Å². The summed E-state index contributed by atoms with van der Waals surface area (Å²) in [6, 6.07) is 3.64. The van der Waals surface area contributed by atoms with Gasteiger partial charge in [0.15, 0.2) is 6.61 Å². The number of aliphatic carboxylic acids is 1. The van der Waals surface area contributed by atoms with E-state index in [1.807, 2.05) is 27.8 Å². The number of carboxylic acids is 1. The van der Waals surface area contributed by atoms with E-state index in [0.29, 0.717) is 17.9 Å². The van der Waals surface area contributed by atoms with E-state index in [-0.39, 0.29) is 23.5 Å². The number of amides is 1. The Morgan fingerprint density at radius 3 is 2.31 bits per heavy atom. The molecule has 0 spiro atoms. The van der Waals surface area contributed by atoms with Crippen molar-refractivity contribution in [3.05, 3.63) is 28.8 Å². The second-order valence-corrected chi connectivity index (χ2v) is 7.55. The van der Waals surface area contributed by atoms with Crippen molar-refractivity contribution in [3.8, 4) is 5.75 Å². The van der Waals surface area contributed by atoms with Crippen LogP contribution in [0, 0.1) is 19.3 Å². The number of nitrogens with zero attached hydrogens (tertiary/aromatic N) is 1. The summed E-state index contributed by atoms with van der Waals surface area (Å²) < 4.78 is 11.1. The van der Waals surface area contributed by atoms with E-state index < -0.39 is 12.6 Å². The van der Waals surface area contributed by atoms with Crippen molar-refractivity contribution in [2.75, 3.05) is 20.3 Å². The molecule has 1 saturated carbocycles. The number of carbonyl (C=O) groups is 2. The van der Waals surface area contributed by atoms with Gasteiger partial charge in [0, 0.05) is 30.7 Å². The number of aryl methyl sites for hydroxylation is 2. The minimum atomic E-state index is -1.03. The summed E-state index contributed by atoms with van der Waals surface area (Å²) in [6.07, 6.45) is 1.00. The maximum Gasteiger partial charge on any atom is 0.341 e. The fraction of sp³-hybridized carbons (Fsp3) is 0.600. The Bertz CT molecular complexity index is 674. The number of carbonyl (C=O) groups excluding carboxylic acids is 1. The summed E-state index contributed by atoms with van der Waals surface area (Å²) in [5, 5.41) is 8.78. The summed E-state index contributed by atoms with van der Waals surface area (Å²) in [4.78, 5) is 25.5. The third kappa shape index (κ3) is 3.85. The molecule has 1 fully saturated rings. The fourth-order valence-corrected chi connectivity index (χ4v) is 3.79. The van der Waals surface area contributed by atoms with E-state index in [9.17, 15) is 9.59 Å². The highest BCUT2D eigenvalue weighted by molar-refractivity contribution is 5.95. The van der Waals surface area contributed by atoms with Gasteiger partial charge in [-0.2, -0.15) is 0 Å². The highest BCUT2D eigenvalue weighted by atomic mass is 16.5. The van der Waals surface area contributed by atoms with Gasteiger partial charge in [0.2, 0.25) is 0 Å². The lowest BCUT2D eigenvalue weighted by Crippen LogP contribution is -2.62. The van der Waals surface area contributed by atoms with Gasteiger partial charge >= 0.3 is 5.97 Å². The lowest BCUT2D eigenvalue weighted by atomic mass is 9.63. The molecule has 1 N–H and O–H groups in total. The molecule has 0 bridgehead atoms. The Balaban J connectivity index is 2.16. The number of carboxylic acid groups (broad SMARTS) is 1. The van der Waals surface area contributed by atoms with Crippen LogP contribution in [0.1, 0.15) is 48.7 Å². The van der Waals surface area contributed by atoms with Crippen LogP contribution in [0.3, 0.4) is 0 Å². The summed E-state index contributed by atoms with van der Waals surface area (Å²) in [5.74, 6) is -0.555. The zero-order valence-electron chi connectivity index (χ0n) is 16.5. The maximum atomic E-state index is 13.0. The average Bonchev–Trinajstić information content (AvgIpc) is 2.55. The molecule has 0 radical (unpaired) electrons. The van der Waals surface area contributed by atoms with Crippen molar-refractivity contribution >= 4 is 11.9 Å². The first-order chi connectivity index (χ1) is 12.1. The van der Waals surface area contributed by atoms with Crippen molar-refractivity contribution in [2.24, 2.45) is 5.41 Å². The first-order valence-corrected chi connectivity index (χ1v) is 8.94. The van der Waals surface area contributed by atoms with E-state index in [1.165, 1.54) is 0 Å². The van der Waals surface area contributed by atoms with Gasteiger partial charge in [-0.25, -0.2) is 4.79 Å². The number of hydrogen-bond acceptors (Lipinski definition) is 4. The molecule has 1 aromatic carbocycles. The molecule has 144 valence electrons. The molecule has 0 aromatic heterocycles. The molecule has 6 nitrogen and oxygen atoms in total. The highest BCUT2D eigenvalue weighted by Crippen LogP contribution is 2.45. The molecule has 2 unspecified atom stereocenters. The molecule has 1 amide bonds. The standard InChI is InChI=1S/C20H29NO5/c1-7-25-16-10-15(20(16,4)5)21(6)19(24)14-8-12(2)18(13(3)9-14)26-11-17(22)23/h8-9,15-16H,7,10-11H2,1-6H3,(H,22,23). The first kappa shape index (κ1) is 20.2. The molecule has 1 aliphatic rings. The Hall–Kier alpha value is -2.08. The lowest BCUT2D eigenvalue weighted by Gasteiger charge is -2.54. The minimum absolute atomic E-state index is 0.0472. The monoisotopic (exact) mass is 363 g/mol. The number of ether oxygens (including phenoxy) is 2. The normalized spacial score (nSPS) is 21.0. The van der Waals surface area contributed by atoms with E-state index >= 15 is 0 Å². The van der Waals surface area contributed by atoms with Gasteiger partial charge in [0.1, 0.15) is 5.75 Å². The van der Waals surface area contributed by atoms with Gasteiger partial charge < -0.3 is 19.5 Å².